The molecule has 3 aromatic rings. The summed E-state index contributed by atoms with van der Waals surface area (Å²) in [6, 6.07) is 18.8. The molecule has 0 aliphatic carbocycles. The summed E-state index contributed by atoms with van der Waals surface area (Å²) in [4.78, 5) is 38.0. The summed E-state index contributed by atoms with van der Waals surface area (Å²) in [7, 11) is 0. The molecule has 1 aliphatic rings. The summed E-state index contributed by atoms with van der Waals surface area (Å²) in [5, 5.41) is 9.27. The van der Waals surface area contributed by atoms with Gasteiger partial charge in [-0.1, -0.05) is 51.8 Å². The molecule has 9 heteroatoms. The average molecular weight is 559 g/mol. The second kappa shape index (κ2) is 10.5. The molecule has 34 heavy (non-hydrogen) atoms. The number of benzene rings is 3. The third-order valence-electron chi connectivity index (χ3n) is 4.98. The first kappa shape index (κ1) is 24.1. The number of hydrogen-bond donors (Lipinski definition) is 1. The summed E-state index contributed by atoms with van der Waals surface area (Å²) in [5.74, 6) is -0.845. The van der Waals surface area contributed by atoms with Crippen LogP contribution in [-0.2, 0) is 17.9 Å². The third kappa shape index (κ3) is 5.70. The van der Waals surface area contributed by atoms with Gasteiger partial charge in [-0.2, -0.15) is 0 Å². The maximum absolute atomic E-state index is 12.9. The van der Waals surface area contributed by atoms with E-state index in [0.717, 1.165) is 27.4 Å². The van der Waals surface area contributed by atoms with Gasteiger partial charge in [0.15, 0.2) is 0 Å². The van der Waals surface area contributed by atoms with E-state index in [1.807, 2.05) is 6.07 Å². The standard InChI is InChI=1S/C25H17BrClNO5S/c26-19-7-10-21(33-14-16-1-5-17(6-2-16)24(30)31)18(11-19)12-22-23(29)28(25(32)34-22)13-15-3-8-20(27)9-4-15/h1-12H,13-14H2,(H,30,31)/b22-12-. The molecular weight excluding hydrogens is 542 g/mol. The number of carboxylic acid groups (broad SMARTS) is 1. The first-order valence-corrected chi connectivity index (χ1v) is 12.0. The average Bonchev–Trinajstić information content (AvgIpc) is 3.07. The largest absolute Gasteiger partial charge is 0.488 e. The first-order valence-electron chi connectivity index (χ1n) is 10.0. The number of hydrogen-bond acceptors (Lipinski definition) is 5. The second-order valence-corrected chi connectivity index (χ2v) is 9.71. The van der Waals surface area contributed by atoms with Crippen LogP contribution in [0.25, 0.3) is 6.08 Å². The molecule has 0 saturated carbocycles. The summed E-state index contributed by atoms with van der Waals surface area (Å²) >= 11 is 10.2. The predicted octanol–water partition coefficient (Wildman–Crippen LogP) is 6.62. The number of carbonyl (C=O) groups excluding carboxylic acids is 2. The number of nitrogens with zero attached hydrogens (tertiary/aromatic N) is 1. The predicted molar refractivity (Wildman–Crippen MR) is 135 cm³/mol. The number of thioether (sulfide) groups is 1. The first-order chi connectivity index (χ1) is 16.3. The highest BCUT2D eigenvalue weighted by Crippen LogP contribution is 2.36. The van der Waals surface area contributed by atoms with Gasteiger partial charge in [0.25, 0.3) is 11.1 Å². The van der Waals surface area contributed by atoms with Crippen LogP contribution in [0, 0.1) is 0 Å². The lowest BCUT2D eigenvalue weighted by Gasteiger charge is -2.13. The summed E-state index contributed by atoms with van der Waals surface area (Å²) in [6.07, 6.45) is 1.64. The van der Waals surface area contributed by atoms with Crippen LogP contribution in [0.5, 0.6) is 5.75 Å². The van der Waals surface area contributed by atoms with Gasteiger partial charge in [0.05, 0.1) is 17.0 Å². The van der Waals surface area contributed by atoms with E-state index >= 15 is 0 Å². The van der Waals surface area contributed by atoms with Gasteiger partial charge in [-0.05, 0) is 71.4 Å². The van der Waals surface area contributed by atoms with E-state index in [-0.39, 0.29) is 29.9 Å². The van der Waals surface area contributed by atoms with Gasteiger partial charge >= 0.3 is 5.97 Å². The summed E-state index contributed by atoms with van der Waals surface area (Å²) < 4.78 is 6.73. The van der Waals surface area contributed by atoms with Gasteiger partial charge < -0.3 is 9.84 Å². The number of aromatic carboxylic acids is 1. The highest BCUT2D eigenvalue weighted by atomic mass is 79.9. The molecule has 0 spiro atoms. The molecule has 2 amide bonds. The van der Waals surface area contributed by atoms with Gasteiger partial charge in [0, 0.05) is 15.1 Å². The van der Waals surface area contributed by atoms with Crippen molar-refractivity contribution in [1.82, 2.24) is 4.90 Å². The Hall–Kier alpha value is -3.07. The molecule has 0 atom stereocenters. The number of carboxylic acids is 1. The van der Waals surface area contributed by atoms with E-state index in [0.29, 0.717) is 21.2 Å². The van der Waals surface area contributed by atoms with Gasteiger partial charge in [0.2, 0.25) is 0 Å². The van der Waals surface area contributed by atoms with Gasteiger partial charge in [-0.25, -0.2) is 4.79 Å². The smallest absolute Gasteiger partial charge is 0.335 e. The molecule has 1 heterocycles. The highest BCUT2D eigenvalue weighted by Gasteiger charge is 2.35. The highest BCUT2D eigenvalue weighted by molar-refractivity contribution is 9.10. The molecule has 1 fully saturated rings. The van der Waals surface area contributed by atoms with Crippen LogP contribution in [0.1, 0.15) is 27.0 Å². The number of carbonyl (C=O) groups is 3. The summed E-state index contributed by atoms with van der Waals surface area (Å²) in [5.41, 5.74) is 2.42. The lowest BCUT2D eigenvalue weighted by molar-refractivity contribution is -0.123. The molecule has 0 unspecified atom stereocenters. The second-order valence-electron chi connectivity index (χ2n) is 7.37. The molecule has 3 aromatic carbocycles. The van der Waals surface area contributed by atoms with E-state index in [9.17, 15) is 14.4 Å². The Morgan fingerprint density at radius 3 is 2.38 bits per heavy atom. The van der Waals surface area contributed by atoms with E-state index in [1.165, 1.54) is 17.0 Å². The maximum atomic E-state index is 12.9. The Morgan fingerprint density at radius 2 is 1.71 bits per heavy atom. The molecule has 1 saturated heterocycles. The Balaban J connectivity index is 1.52. The van der Waals surface area contributed by atoms with Crippen molar-refractivity contribution in [1.29, 1.82) is 0 Å². The number of rotatable bonds is 7. The van der Waals surface area contributed by atoms with Crippen molar-refractivity contribution in [3.63, 3.8) is 0 Å². The Morgan fingerprint density at radius 1 is 1.03 bits per heavy atom. The van der Waals surface area contributed by atoms with Gasteiger partial charge in [-0.3, -0.25) is 14.5 Å². The molecule has 0 aromatic heterocycles. The van der Waals surface area contributed by atoms with E-state index in [2.05, 4.69) is 15.9 Å². The molecule has 4 rings (SSSR count). The molecule has 0 bridgehead atoms. The molecular formula is C25H17BrClNO5S. The Bertz CT molecular complexity index is 1290. The van der Waals surface area contributed by atoms with Gasteiger partial charge in [0.1, 0.15) is 12.4 Å². The normalized spacial score (nSPS) is 14.6. The van der Waals surface area contributed by atoms with Crippen molar-refractivity contribution in [3.8, 4) is 5.75 Å². The number of ether oxygens (including phenoxy) is 1. The molecule has 6 nitrogen and oxygen atoms in total. The molecule has 0 radical (unpaired) electrons. The molecule has 1 N–H and O–H groups in total. The van der Waals surface area contributed by atoms with Crippen molar-refractivity contribution < 1.29 is 24.2 Å². The minimum absolute atomic E-state index is 0.160. The SMILES string of the molecule is O=C(O)c1ccc(COc2ccc(Br)cc2/C=C2\SC(=O)N(Cc3ccc(Cl)cc3)C2=O)cc1. The lowest BCUT2D eigenvalue weighted by Crippen LogP contribution is -2.27. The zero-order valence-electron chi connectivity index (χ0n) is 17.5. The molecule has 172 valence electrons. The van der Waals surface area contributed by atoms with E-state index < -0.39 is 5.97 Å². The van der Waals surface area contributed by atoms with Crippen molar-refractivity contribution in [2.45, 2.75) is 13.2 Å². The van der Waals surface area contributed by atoms with Crippen LogP contribution in [0.4, 0.5) is 4.79 Å². The minimum Gasteiger partial charge on any atom is -0.488 e. The third-order valence-corrected chi connectivity index (χ3v) is 6.63. The van der Waals surface area contributed by atoms with Crippen molar-refractivity contribution >= 4 is 62.5 Å². The van der Waals surface area contributed by atoms with Crippen LogP contribution in [0.2, 0.25) is 5.02 Å². The fourth-order valence-electron chi connectivity index (χ4n) is 3.22. The zero-order valence-corrected chi connectivity index (χ0v) is 20.7. The number of amides is 2. The van der Waals surface area contributed by atoms with Crippen LogP contribution in [-0.4, -0.2) is 27.1 Å². The monoisotopic (exact) mass is 557 g/mol. The maximum Gasteiger partial charge on any atom is 0.335 e. The zero-order chi connectivity index (χ0) is 24.2. The van der Waals surface area contributed by atoms with Gasteiger partial charge in [-0.15, -0.1) is 0 Å². The van der Waals surface area contributed by atoms with Crippen molar-refractivity contribution in [3.05, 3.63) is 103 Å². The van der Waals surface area contributed by atoms with Crippen molar-refractivity contribution in [2.24, 2.45) is 0 Å². The number of halogens is 2. The van der Waals surface area contributed by atoms with Crippen LogP contribution < -0.4 is 4.74 Å². The summed E-state index contributed by atoms with van der Waals surface area (Å²) in [6.45, 7) is 0.369. The van der Waals surface area contributed by atoms with Crippen LogP contribution >= 0.6 is 39.3 Å². The fourth-order valence-corrected chi connectivity index (χ4v) is 4.55. The Labute approximate surface area is 213 Å². The Kier molecular flexibility index (Phi) is 7.41. The number of imide groups is 1. The van der Waals surface area contributed by atoms with Crippen LogP contribution in [0.15, 0.2) is 76.1 Å². The van der Waals surface area contributed by atoms with Crippen LogP contribution in [0.3, 0.4) is 0 Å². The topological polar surface area (TPSA) is 83.9 Å². The van der Waals surface area contributed by atoms with E-state index in [4.69, 9.17) is 21.4 Å². The minimum atomic E-state index is -0.993. The lowest BCUT2D eigenvalue weighted by atomic mass is 10.1. The van der Waals surface area contributed by atoms with Crippen molar-refractivity contribution in [2.75, 3.05) is 0 Å². The van der Waals surface area contributed by atoms with E-state index in [1.54, 1.807) is 54.6 Å². The quantitative estimate of drug-likeness (QED) is 0.328. The molecule has 1 aliphatic heterocycles. The fraction of sp³-hybridized carbons (Fsp3) is 0.0800.